The third-order valence-electron chi connectivity index (χ3n) is 12.8. The molecule has 0 radical (unpaired) electrons. The Hall–Kier alpha value is -5.39. The molecule has 8 N–H and O–H groups in total. The van der Waals surface area contributed by atoms with Crippen LogP contribution >= 0.6 is 0 Å². The number of hydrogen-bond acceptors (Lipinski definition) is 12. The normalized spacial score (nSPS) is 17.5. The van der Waals surface area contributed by atoms with Crippen LogP contribution in [0.1, 0.15) is 147 Å². The van der Waals surface area contributed by atoms with E-state index in [1.807, 2.05) is 0 Å². The van der Waals surface area contributed by atoms with Gasteiger partial charge in [-0.15, -0.1) is 0 Å². The summed E-state index contributed by atoms with van der Waals surface area (Å²) in [4.78, 5) is 96.7. The average Bonchev–Trinajstić information content (AvgIpc) is 3.31. The van der Waals surface area contributed by atoms with Crippen molar-refractivity contribution >= 4 is 41.1 Å². The molecule has 5 amide bonds. The molecule has 0 saturated heterocycles. The molecule has 2 aromatic rings. The van der Waals surface area contributed by atoms with Crippen molar-refractivity contribution in [3.05, 3.63) is 47.5 Å². The molecule has 3 rings (SSSR count). The molecule has 378 valence electrons. The van der Waals surface area contributed by atoms with Gasteiger partial charge >= 0.3 is 0 Å². The molecule has 0 saturated carbocycles. The smallest absolute Gasteiger partial charge is 0.245 e. The van der Waals surface area contributed by atoms with Crippen LogP contribution in [0.4, 0.5) is 0 Å². The Labute approximate surface area is 401 Å². The molecular weight excluding hydrogens is 875 g/mol. The Balaban J connectivity index is 1.64. The summed E-state index contributed by atoms with van der Waals surface area (Å²) in [6.45, 7) is 3.55. The van der Waals surface area contributed by atoms with Gasteiger partial charge in [0.1, 0.15) is 29.6 Å². The number of nitrogens with zero attached hydrogens (tertiary/aromatic N) is 2. The fourth-order valence-corrected chi connectivity index (χ4v) is 8.34. The topological polar surface area (TPSA) is 263 Å². The summed E-state index contributed by atoms with van der Waals surface area (Å²) in [6, 6.07) is 3.69. The minimum absolute atomic E-state index is 0.0830. The number of aliphatic hydroxyl groups excluding tert-OH is 3. The molecule has 6 atom stereocenters. The Morgan fingerprint density at radius 3 is 1.91 bits per heavy atom. The van der Waals surface area contributed by atoms with Gasteiger partial charge in [0, 0.05) is 69.8 Å². The van der Waals surface area contributed by atoms with Crippen molar-refractivity contribution in [2.45, 2.75) is 167 Å². The van der Waals surface area contributed by atoms with Crippen molar-refractivity contribution < 1.29 is 59.1 Å². The second-order valence-corrected chi connectivity index (χ2v) is 18.3. The highest BCUT2D eigenvalue weighted by Gasteiger charge is 2.34. The Morgan fingerprint density at radius 1 is 0.750 bits per heavy atom. The summed E-state index contributed by atoms with van der Waals surface area (Å²) in [5.41, 5.74) is 0.944. The Morgan fingerprint density at radius 2 is 1.32 bits per heavy atom. The highest BCUT2D eigenvalue weighted by atomic mass is 16.3. The second kappa shape index (κ2) is 29.5. The van der Waals surface area contributed by atoms with Crippen molar-refractivity contribution in [1.29, 1.82) is 0 Å². The summed E-state index contributed by atoms with van der Waals surface area (Å²) in [6.07, 6.45) is 12.9. The largest absolute Gasteiger partial charge is 0.507 e. The SMILES string of the molecule is CCCCCCCCCCCCCCCC(=O)N(C)[C@H](CO)C(=O)N[C@H](C)C(=O)CCC(=O)N(C)[C@@H]1C(=O)C[C@@H](C)C(=O)N[C@H](C(=O)NCC(O)CO)Cc2ccc(O)c(c2)-c2cc1ccc2O. The first-order valence-corrected chi connectivity index (χ1v) is 24.4. The second-order valence-electron chi connectivity index (χ2n) is 18.3. The van der Waals surface area contributed by atoms with E-state index in [0.717, 1.165) is 24.2 Å². The Kier molecular flexibility index (Phi) is 24.7. The number of carbonyl (C=O) groups excluding carboxylic acids is 7. The van der Waals surface area contributed by atoms with Crippen LogP contribution < -0.4 is 16.0 Å². The molecule has 17 nitrogen and oxygen atoms in total. The Bertz CT molecular complexity index is 1990. The molecule has 0 aromatic heterocycles. The van der Waals surface area contributed by atoms with Gasteiger partial charge in [-0.05, 0) is 48.7 Å². The van der Waals surface area contributed by atoms with Crippen molar-refractivity contribution in [1.82, 2.24) is 25.8 Å². The van der Waals surface area contributed by atoms with Crippen LogP contribution in [-0.2, 0) is 40.0 Å². The standard InChI is InChI=1S/C51H77N5O12/c1-6-7-8-9-10-11-12-13-14-15-16-17-18-19-46(64)55(4)41(32-58)51(68)53-34(3)42(60)24-25-47(65)56(5)48-36-21-23-44(62)39(29-36)38-27-35(20-22-43(38)61)28-40(50(67)52-30-37(59)31-57)54-49(66)33(2)26-45(48)63/h20-23,27,29,33-34,37,40-41,48,57-59,61-62H,6-19,24-26,28,30-32H2,1-5H3,(H,52,67)(H,53,68)(H,54,66)/t33-,34-,37?,40+,41-,48+/m1/s1. The molecule has 0 spiro atoms. The predicted octanol–water partition coefficient (Wildman–Crippen LogP) is 4.52. The number of phenolic OH excluding ortho intramolecular Hbond substituents is 2. The number of nitrogens with one attached hydrogen (secondary N) is 3. The molecule has 4 bridgehead atoms. The lowest BCUT2D eigenvalue weighted by Gasteiger charge is -2.30. The van der Waals surface area contributed by atoms with Crippen molar-refractivity contribution in [2.24, 2.45) is 5.92 Å². The van der Waals surface area contributed by atoms with E-state index in [1.54, 1.807) is 0 Å². The highest BCUT2D eigenvalue weighted by molar-refractivity contribution is 5.97. The van der Waals surface area contributed by atoms with Gasteiger partial charge in [-0.3, -0.25) is 33.6 Å². The van der Waals surface area contributed by atoms with Gasteiger partial charge in [-0.2, -0.15) is 0 Å². The third-order valence-corrected chi connectivity index (χ3v) is 12.8. The number of phenols is 2. The van der Waals surface area contributed by atoms with Crippen LogP contribution in [0.25, 0.3) is 11.1 Å². The average molecular weight is 952 g/mol. The summed E-state index contributed by atoms with van der Waals surface area (Å²) >= 11 is 0. The number of Topliss-reactive ketones (excluding diaryl/α,β-unsaturated/α-hetero) is 2. The molecule has 0 fully saturated rings. The number of benzene rings is 2. The van der Waals surface area contributed by atoms with E-state index in [9.17, 15) is 59.1 Å². The molecule has 17 heteroatoms. The van der Waals surface area contributed by atoms with E-state index in [4.69, 9.17) is 0 Å². The lowest BCUT2D eigenvalue weighted by Crippen LogP contribution is -2.53. The van der Waals surface area contributed by atoms with Gasteiger partial charge in [0.25, 0.3) is 0 Å². The quantitative estimate of drug-likeness (QED) is 0.0575. The zero-order chi connectivity index (χ0) is 50.3. The van der Waals surface area contributed by atoms with Crippen LogP contribution in [0.15, 0.2) is 36.4 Å². The van der Waals surface area contributed by atoms with Crippen LogP contribution in [0.5, 0.6) is 11.5 Å². The summed E-state index contributed by atoms with van der Waals surface area (Å²) in [5.74, 6) is -5.65. The van der Waals surface area contributed by atoms with Crippen LogP contribution in [0.2, 0.25) is 0 Å². The number of amides is 5. The fourth-order valence-electron chi connectivity index (χ4n) is 8.34. The number of rotatable bonds is 27. The van der Waals surface area contributed by atoms with E-state index < -0.39 is 91.0 Å². The zero-order valence-electron chi connectivity index (χ0n) is 40.8. The molecule has 0 aliphatic carbocycles. The van der Waals surface area contributed by atoms with Gasteiger partial charge in [0.15, 0.2) is 11.6 Å². The van der Waals surface area contributed by atoms with Gasteiger partial charge in [0.05, 0.1) is 25.4 Å². The molecule has 1 heterocycles. The fraction of sp³-hybridized carbons (Fsp3) is 0.627. The molecular formula is C51H77N5O12. The van der Waals surface area contributed by atoms with Crippen molar-refractivity contribution in [2.75, 3.05) is 33.9 Å². The lowest BCUT2D eigenvalue weighted by molar-refractivity contribution is -0.142. The summed E-state index contributed by atoms with van der Waals surface area (Å²) < 4.78 is 0. The van der Waals surface area contributed by atoms with E-state index >= 15 is 0 Å². The first-order valence-electron chi connectivity index (χ1n) is 24.4. The number of hydrogen-bond donors (Lipinski definition) is 8. The first kappa shape index (κ1) is 56.9. The number of aliphatic hydroxyl groups is 3. The van der Waals surface area contributed by atoms with E-state index in [2.05, 4.69) is 22.9 Å². The summed E-state index contributed by atoms with van der Waals surface area (Å²) in [7, 11) is 2.80. The lowest BCUT2D eigenvalue weighted by atomic mass is 9.89. The maximum atomic E-state index is 14.2. The van der Waals surface area contributed by atoms with Gasteiger partial charge in [-0.25, -0.2) is 0 Å². The summed E-state index contributed by atoms with van der Waals surface area (Å²) in [5, 5.41) is 58.8. The van der Waals surface area contributed by atoms with Gasteiger partial charge in [0.2, 0.25) is 29.5 Å². The van der Waals surface area contributed by atoms with Crippen LogP contribution in [0, 0.1) is 5.92 Å². The number of unbranched alkanes of at least 4 members (excludes halogenated alkanes) is 12. The van der Waals surface area contributed by atoms with Gasteiger partial charge < -0.3 is 51.3 Å². The van der Waals surface area contributed by atoms with E-state index in [1.165, 1.54) is 127 Å². The number of fused-ring (bicyclic) bond motifs is 5. The molecule has 1 unspecified atom stereocenters. The number of aromatic hydroxyl groups is 2. The number of carbonyl (C=O) groups is 7. The zero-order valence-corrected chi connectivity index (χ0v) is 40.8. The first-order chi connectivity index (χ1) is 32.4. The highest BCUT2D eigenvalue weighted by Crippen LogP contribution is 2.39. The molecule has 2 aromatic carbocycles. The van der Waals surface area contributed by atoms with Crippen molar-refractivity contribution in [3.8, 4) is 22.6 Å². The third kappa shape index (κ3) is 17.9. The minimum atomic E-state index is -1.34. The maximum Gasteiger partial charge on any atom is 0.245 e. The van der Waals surface area contributed by atoms with E-state index in [-0.39, 0.29) is 66.3 Å². The minimum Gasteiger partial charge on any atom is -0.507 e. The van der Waals surface area contributed by atoms with Crippen LogP contribution in [0.3, 0.4) is 0 Å². The molecule has 68 heavy (non-hydrogen) atoms. The van der Waals surface area contributed by atoms with Crippen molar-refractivity contribution in [3.63, 3.8) is 0 Å². The maximum absolute atomic E-state index is 14.2. The molecule has 1 aliphatic heterocycles. The molecule has 1 aliphatic rings. The predicted molar refractivity (Wildman–Crippen MR) is 257 cm³/mol. The van der Waals surface area contributed by atoms with Crippen LogP contribution in [-0.4, -0.2) is 135 Å². The number of ketones is 2. The van der Waals surface area contributed by atoms with E-state index in [0.29, 0.717) is 12.0 Å². The van der Waals surface area contributed by atoms with Gasteiger partial charge in [-0.1, -0.05) is 103 Å². The number of likely N-dealkylation sites (N-methyl/N-ethyl adjacent to an activating group) is 2. The monoisotopic (exact) mass is 952 g/mol.